The first-order chi connectivity index (χ1) is 9.69. The molecule has 0 fully saturated rings. The molecule has 0 saturated carbocycles. The first-order valence-corrected chi connectivity index (χ1v) is 7.86. The Bertz CT molecular complexity index is 586. The molecule has 1 heterocycles. The van der Waals surface area contributed by atoms with Crippen LogP contribution in [-0.4, -0.2) is 16.1 Å². The van der Waals surface area contributed by atoms with Crippen LogP contribution in [0, 0.1) is 0 Å². The number of rotatable bonds is 7. The van der Waals surface area contributed by atoms with Crippen molar-refractivity contribution < 1.29 is 10.0 Å². The van der Waals surface area contributed by atoms with E-state index in [0.717, 1.165) is 47.7 Å². The lowest BCUT2D eigenvalue weighted by atomic mass is 10.1. The summed E-state index contributed by atoms with van der Waals surface area (Å²) in [5, 5.41) is 10.2. The minimum absolute atomic E-state index is 0.312. The van der Waals surface area contributed by atoms with Gasteiger partial charge in [-0.1, -0.05) is 24.4 Å². The summed E-state index contributed by atoms with van der Waals surface area (Å²) in [6.07, 6.45) is 5.27. The fourth-order valence-electron chi connectivity index (χ4n) is 2.03. The predicted octanol–water partition coefficient (Wildman–Crippen LogP) is 3.95. The van der Waals surface area contributed by atoms with Crippen molar-refractivity contribution in [3.8, 4) is 0 Å². The molecule has 0 spiro atoms. The molecule has 6 heteroatoms. The zero-order valence-electron chi connectivity index (χ0n) is 11.1. The Kier molecular flexibility index (Phi) is 5.76. The first kappa shape index (κ1) is 15.2. The average Bonchev–Trinajstić information content (AvgIpc) is 2.84. The molecule has 0 bridgehead atoms. The molecule has 2 N–H and O–H groups in total. The number of aromatic nitrogens is 1. The SMILES string of the molecule is O=C(CCCCCCc1nc2cc(Cl)ccc2s1)NO. The number of fused-ring (bicyclic) bond motifs is 1. The molecule has 1 aromatic heterocycles. The molecule has 0 aliphatic rings. The van der Waals surface area contributed by atoms with Crippen LogP contribution in [0.1, 0.15) is 37.1 Å². The van der Waals surface area contributed by atoms with E-state index in [0.29, 0.717) is 6.42 Å². The maximum atomic E-state index is 10.8. The van der Waals surface area contributed by atoms with Crippen molar-refractivity contribution in [1.82, 2.24) is 10.5 Å². The van der Waals surface area contributed by atoms with Crippen LogP contribution in [0.5, 0.6) is 0 Å². The van der Waals surface area contributed by atoms with Crippen LogP contribution in [0.15, 0.2) is 18.2 Å². The summed E-state index contributed by atoms with van der Waals surface area (Å²) in [7, 11) is 0. The number of nitrogens with one attached hydrogen (secondary N) is 1. The van der Waals surface area contributed by atoms with Crippen molar-refractivity contribution in [3.05, 3.63) is 28.2 Å². The van der Waals surface area contributed by atoms with Crippen molar-refractivity contribution >= 4 is 39.1 Å². The zero-order chi connectivity index (χ0) is 14.4. The molecule has 0 aliphatic heterocycles. The second-order valence-corrected chi connectivity index (χ2v) is 6.22. The van der Waals surface area contributed by atoms with Gasteiger partial charge in [0.2, 0.25) is 5.91 Å². The van der Waals surface area contributed by atoms with Gasteiger partial charge in [-0.3, -0.25) is 10.0 Å². The zero-order valence-corrected chi connectivity index (χ0v) is 12.6. The summed E-state index contributed by atoms with van der Waals surface area (Å²) >= 11 is 7.65. The van der Waals surface area contributed by atoms with E-state index in [-0.39, 0.29) is 5.91 Å². The van der Waals surface area contributed by atoms with Gasteiger partial charge < -0.3 is 0 Å². The Morgan fingerprint density at radius 3 is 2.90 bits per heavy atom. The molecule has 2 aromatic rings. The lowest BCUT2D eigenvalue weighted by molar-refractivity contribution is -0.129. The van der Waals surface area contributed by atoms with E-state index in [9.17, 15) is 4.79 Å². The Morgan fingerprint density at radius 1 is 1.30 bits per heavy atom. The number of amides is 1. The van der Waals surface area contributed by atoms with Gasteiger partial charge in [0.05, 0.1) is 15.2 Å². The highest BCUT2D eigenvalue weighted by Crippen LogP contribution is 2.26. The van der Waals surface area contributed by atoms with E-state index in [4.69, 9.17) is 16.8 Å². The third kappa shape index (κ3) is 4.44. The third-order valence-corrected chi connectivity index (χ3v) is 4.39. The highest BCUT2D eigenvalue weighted by Gasteiger charge is 2.04. The summed E-state index contributed by atoms with van der Waals surface area (Å²) in [4.78, 5) is 15.4. The van der Waals surface area contributed by atoms with Crippen molar-refractivity contribution in [2.75, 3.05) is 0 Å². The summed E-state index contributed by atoms with van der Waals surface area (Å²) in [6, 6.07) is 5.79. The quantitative estimate of drug-likeness (QED) is 0.462. The molecule has 0 aliphatic carbocycles. The van der Waals surface area contributed by atoms with Crippen molar-refractivity contribution in [2.45, 2.75) is 38.5 Å². The van der Waals surface area contributed by atoms with Gasteiger partial charge in [0.15, 0.2) is 0 Å². The minimum atomic E-state index is -0.312. The first-order valence-electron chi connectivity index (χ1n) is 6.67. The number of unbranched alkanes of at least 4 members (excludes halogenated alkanes) is 3. The van der Waals surface area contributed by atoms with Gasteiger partial charge in [-0.15, -0.1) is 11.3 Å². The lowest BCUT2D eigenvalue weighted by Crippen LogP contribution is -2.17. The van der Waals surface area contributed by atoms with E-state index >= 15 is 0 Å². The van der Waals surface area contributed by atoms with Gasteiger partial charge in [0, 0.05) is 11.4 Å². The maximum absolute atomic E-state index is 10.8. The van der Waals surface area contributed by atoms with Crippen LogP contribution in [-0.2, 0) is 11.2 Å². The monoisotopic (exact) mass is 312 g/mol. The van der Waals surface area contributed by atoms with Gasteiger partial charge in [0.25, 0.3) is 0 Å². The maximum Gasteiger partial charge on any atom is 0.243 e. The number of nitrogens with zero attached hydrogens (tertiary/aromatic N) is 1. The number of carbonyl (C=O) groups excluding carboxylic acids is 1. The Morgan fingerprint density at radius 2 is 2.10 bits per heavy atom. The molecule has 0 saturated heterocycles. The molecule has 1 amide bonds. The third-order valence-electron chi connectivity index (χ3n) is 3.06. The largest absolute Gasteiger partial charge is 0.289 e. The molecule has 4 nitrogen and oxygen atoms in total. The highest BCUT2D eigenvalue weighted by molar-refractivity contribution is 7.18. The fraction of sp³-hybridized carbons (Fsp3) is 0.429. The van der Waals surface area contributed by atoms with E-state index in [1.54, 1.807) is 16.8 Å². The van der Waals surface area contributed by atoms with Gasteiger partial charge >= 0.3 is 0 Å². The summed E-state index contributed by atoms with van der Waals surface area (Å²) in [5.41, 5.74) is 2.61. The number of hydrogen-bond donors (Lipinski definition) is 2. The standard InChI is InChI=1S/C14H17ClN2O2S/c15-10-7-8-12-11(9-10)16-14(20-12)6-4-2-1-3-5-13(18)17-19/h7-9,19H,1-6H2,(H,17,18). The second-order valence-electron chi connectivity index (χ2n) is 4.67. The van der Waals surface area contributed by atoms with E-state index < -0.39 is 0 Å². The van der Waals surface area contributed by atoms with Gasteiger partial charge in [-0.25, -0.2) is 10.5 Å². The van der Waals surface area contributed by atoms with Gasteiger partial charge in [-0.05, 0) is 37.5 Å². The molecular weight excluding hydrogens is 296 g/mol. The number of carbonyl (C=O) groups is 1. The summed E-state index contributed by atoms with van der Waals surface area (Å²) in [6.45, 7) is 0. The van der Waals surface area contributed by atoms with Crippen molar-refractivity contribution in [3.63, 3.8) is 0 Å². The molecule has 0 radical (unpaired) electrons. The molecule has 2 rings (SSSR count). The van der Waals surface area contributed by atoms with Crippen molar-refractivity contribution in [1.29, 1.82) is 0 Å². The fourth-order valence-corrected chi connectivity index (χ4v) is 3.18. The summed E-state index contributed by atoms with van der Waals surface area (Å²) in [5.74, 6) is -0.312. The van der Waals surface area contributed by atoms with E-state index in [1.807, 2.05) is 18.2 Å². The normalized spacial score (nSPS) is 10.9. The molecule has 0 unspecified atom stereocenters. The van der Waals surface area contributed by atoms with Crippen molar-refractivity contribution in [2.24, 2.45) is 0 Å². The second kappa shape index (κ2) is 7.57. The Balaban J connectivity index is 1.72. The van der Waals surface area contributed by atoms with Crippen LogP contribution in [0.4, 0.5) is 0 Å². The highest BCUT2D eigenvalue weighted by atomic mass is 35.5. The number of hydroxylamine groups is 1. The number of benzene rings is 1. The average molecular weight is 313 g/mol. The minimum Gasteiger partial charge on any atom is -0.289 e. The Hall–Kier alpha value is -1.17. The number of halogens is 1. The van der Waals surface area contributed by atoms with E-state index in [1.165, 1.54) is 4.70 Å². The lowest BCUT2D eigenvalue weighted by Gasteiger charge is -1.99. The van der Waals surface area contributed by atoms with Crippen LogP contribution < -0.4 is 5.48 Å². The van der Waals surface area contributed by atoms with E-state index in [2.05, 4.69) is 4.98 Å². The van der Waals surface area contributed by atoms with Gasteiger partial charge in [-0.2, -0.15) is 0 Å². The smallest absolute Gasteiger partial charge is 0.243 e. The number of thiazole rings is 1. The van der Waals surface area contributed by atoms with Crippen LogP contribution in [0.2, 0.25) is 5.02 Å². The molecule has 0 atom stereocenters. The topological polar surface area (TPSA) is 62.2 Å². The summed E-state index contributed by atoms with van der Waals surface area (Å²) < 4.78 is 1.17. The van der Waals surface area contributed by atoms with Crippen LogP contribution in [0.25, 0.3) is 10.2 Å². The molecular formula is C14H17ClN2O2S. The molecule has 1 aromatic carbocycles. The number of hydrogen-bond acceptors (Lipinski definition) is 4. The van der Waals surface area contributed by atoms with Crippen LogP contribution in [0.3, 0.4) is 0 Å². The van der Waals surface area contributed by atoms with Crippen LogP contribution >= 0.6 is 22.9 Å². The Labute approximate surface area is 126 Å². The molecule has 20 heavy (non-hydrogen) atoms. The predicted molar refractivity (Wildman–Crippen MR) is 81.3 cm³/mol. The molecule has 108 valence electrons. The number of aryl methyl sites for hydroxylation is 1. The van der Waals surface area contributed by atoms with Gasteiger partial charge in [0.1, 0.15) is 0 Å².